The highest BCUT2D eigenvalue weighted by molar-refractivity contribution is 7.92. The van der Waals surface area contributed by atoms with Gasteiger partial charge in [0.2, 0.25) is 5.91 Å². The second-order valence-corrected chi connectivity index (χ2v) is 10.2. The van der Waals surface area contributed by atoms with Gasteiger partial charge in [-0.05, 0) is 80.8 Å². The number of carbonyl (C=O) groups is 2. The van der Waals surface area contributed by atoms with Crippen molar-refractivity contribution < 1.29 is 18.0 Å². The van der Waals surface area contributed by atoms with E-state index < -0.39 is 15.9 Å². The van der Waals surface area contributed by atoms with Crippen molar-refractivity contribution in [3.8, 4) is 0 Å². The Morgan fingerprint density at radius 3 is 2.29 bits per heavy atom. The van der Waals surface area contributed by atoms with E-state index in [4.69, 9.17) is 0 Å². The van der Waals surface area contributed by atoms with Crippen LogP contribution < -0.4 is 14.9 Å². The molecule has 0 spiro atoms. The molecule has 1 fully saturated rings. The Balaban J connectivity index is 1.53. The van der Waals surface area contributed by atoms with Crippen molar-refractivity contribution in [3.63, 3.8) is 0 Å². The van der Waals surface area contributed by atoms with Crippen LogP contribution in [-0.4, -0.2) is 26.8 Å². The van der Waals surface area contributed by atoms with Gasteiger partial charge in [-0.1, -0.05) is 23.8 Å². The van der Waals surface area contributed by atoms with E-state index in [1.54, 1.807) is 54.3 Å². The highest BCUT2D eigenvalue weighted by Crippen LogP contribution is 2.25. The van der Waals surface area contributed by atoms with Crippen LogP contribution in [0.4, 0.5) is 17.1 Å². The van der Waals surface area contributed by atoms with Crippen molar-refractivity contribution in [2.24, 2.45) is 0 Å². The lowest BCUT2D eigenvalue weighted by atomic mass is 10.1. The minimum absolute atomic E-state index is 0.0445. The van der Waals surface area contributed by atoms with E-state index >= 15 is 0 Å². The first kappa shape index (κ1) is 23.5. The van der Waals surface area contributed by atoms with Crippen molar-refractivity contribution in [1.82, 2.24) is 0 Å². The van der Waals surface area contributed by atoms with Crippen molar-refractivity contribution in [3.05, 3.63) is 82.9 Å². The quantitative estimate of drug-likeness (QED) is 0.534. The zero-order chi connectivity index (χ0) is 24.5. The molecule has 8 heteroatoms. The van der Waals surface area contributed by atoms with Crippen LogP contribution in [0.5, 0.6) is 0 Å². The molecule has 0 bridgehead atoms. The fourth-order valence-electron chi connectivity index (χ4n) is 4.01. The molecule has 1 aliphatic rings. The molecule has 0 unspecified atom stereocenters. The number of amides is 2. The van der Waals surface area contributed by atoms with E-state index in [1.165, 1.54) is 6.07 Å². The molecule has 34 heavy (non-hydrogen) atoms. The number of aryl methyl sites for hydroxylation is 3. The summed E-state index contributed by atoms with van der Waals surface area (Å²) in [6, 6.07) is 17.1. The van der Waals surface area contributed by atoms with Crippen molar-refractivity contribution >= 4 is 38.9 Å². The first-order valence-corrected chi connectivity index (χ1v) is 12.5. The van der Waals surface area contributed by atoms with Crippen LogP contribution >= 0.6 is 0 Å². The fraction of sp³-hybridized carbons (Fsp3) is 0.231. The van der Waals surface area contributed by atoms with Gasteiger partial charge < -0.3 is 10.2 Å². The average molecular weight is 478 g/mol. The largest absolute Gasteiger partial charge is 0.322 e. The summed E-state index contributed by atoms with van der Waals surface area (Å²) in [4.78, 5) is 26.5. The maximum absolute atomic E-state index is 13.1. The summed E-state index contributed by atoms with van der Waals surface area (Å²) in [6.07, 6.45) is 1.39. The van der Waals surface area contributed by atoms with Crippen LogP contribution in [0, 0.1) is 20.8 Å². The van der Waals surface area contributed by atoms with Crippen LogP contribution in [0.3, 0.4) is 0 Å². The third kappa shape index (κ3) is 4.97. The summed E-state index contributed by atoms with van der Waals surface area (Å²) in [5.41, 5.74) is 4.46. The van der Waals surface area contributed by atoms with Gasteiger partial charge in [0.05, 0.1) is 10.6 Å². The molecule has 1 saturated heterocycles. The highest BCUT2D eigenvalue weighted by atomic mass is 32.2. The molecular formula is C26H27N3O4S. The first-order valence-electron chi connectivity index (χ1n) is 11.1. The van der Waals surface area contributed by atoms with E-state index in [0.717, 1.165) is 23.2 Å². The predicted octanol–water partition coefficient (Wildman–Crippen LogP) is 4.79. The van der Waals surface area contributed by atoms with E-state index in [9.17, 15) is 18.0 Å². The van der Waals surface area contributed by atoms with E-state index in [0.29, 0.717) is 29.9 Å². The van der Waals surface area contributed by atoms with Gasteiger partial charge in [0, 0.05) is 29.9 Å². The molecule has 176 valence electrons. The lowest BCUT2D eigenvalue weighted by Gasteiger charge is -2.16. The highest BCUT2D eigenvalue weighted by Gasteiger charge is 2.22. The molecule has 0 saturated carbocycles. The molecule has 0 aromatic heterocycles. The smallest absolute Gasteiger partial charge is 0.262 e. The van der Waals surface area contributed by atoms with Gasteiger partial charge in [-0.2, -0.15) is 0 Å². The van der Waals surface area contributed by atoms with Crippen molar-refractivity contribution in [2.75, 3.05) is 21.5 Å². The van der Waals surface area contributed by atoms with E-state index in [1.807, 2.05) is 26.0 Å². The second kappa shape index (κ2) is 9.30. The maximum atomic E-state index is 13.1. The third-order valence-corrected chi connectivity index (χ3v) is 7.38. The van der Waals surface area contributed by atoms with Crippen molar-refractivity contribution in [2.45, 2.75) is 38.5 Å². The van der Waals surface area contributed by atoms with Crippen LogP contribution in [-0.2, 0) is 14.8 Å². The number of anilines is 3. The van der Waals surface area contributed by atoms with Crippen molar-refractivity contribution in [1.29, 1.82) is 0 Å². The molecule has 1 aliphatic heterocycles. The van der Waals surface area contributed by atoms with Gasteiger partial charge in [-0.15, -0.1) is 0 Å². The summed E-state index contributed by atoms with van der Waals surface area (Å²) in [5, 5.41) is 2.79. The Kier molecular flexibility index (Phi) is 6.43. The number of nitrogens with one attached hydrogen (secondary N) is 2. The number of rotatable bonds is 6. The minimum Gasteiger partial charge on any atom is -0.322 e. The first-order chi connectivity index (χ1) is 16.1. The molecule has 2 N–H and O–H groups in total. The van der Waals surface area contributed by atoms with Gasteiger partial charge in [0.1, 0.15) is 0 Å². The molecule has 4 rings (SSSR count). The minimum atomic E-state index is -3.90. The summed E-state index contributed by atoms with van der Waals surface area (Å²) >= 11 is 0. The second-order valence-electron chi connectivity index (χ2n) is 8.55. The molecule has 7 nitrogen and oxygen atoms in total. The molecule has 0 aliphatic carbocycles. The molecular weight excluding hydrogens is 450 g/mol. The molecule has 0 radical (unpaired) electrons. The number of carbonyl (C=O) groups excluding carboxylic acids is 2. The van der Waals surface area contributed by atoms with Gasteiger partial charge in [0.15, 0.2) is 0 Å². The zero-order valence-corrected chi connectivity index (χ0v) is 20.2. The maximum Gasteiger partial charge on any atom is 0.262 e. The topological polar surface area (TPSA) is 95.6 Å². The number of hydrogen-bond acceptors (Lipinski definition) is 4. The average Bonchev–Trinajstić information content (AvgIpc) is 3.22. The number of benzene rings is 3. The van der Waals surface area contributed by atoms with Gasteiger partial charge in [0.25, 0.3) is 15.9 Å². The van der Waals surface area contributed by atoms with Gasteiger partial charge in [-0.3, -0.25) is 14.3 Å². The lowest BCUT2D eigenvalue weighted by Crippen LogP contribution is -2.23. The van der Waals surface area contributed by atoms with Crippen LogP contribution in [0.15, 0.2) is 65.6 Å². The van der Waals surface area contributed by atoms with Gasteiger partial charge >= 0.3 is 0 Å². The fourth-order valence-corrected chi connectivity index (χ4v) is 5.41. The lowest BCUT2D eigenvalue weighted by molar-refractivity contribution is -0.117. The summed E-state index contributed by atoms with van der Waals surface area (Å²) in [7, 11) is -3.90. The predicted molar refractivity (Wildman–Crippen MR) is 134 cm³/mol. The van der Waals surface area contributed by atoms with E-state index in [2.05, 4.69) is 10.0 Å². The third-order valence-electron chi connectivity index (χ3n) is 5.88. The van der Waals surface area contributed by atoms with Crippen LogP contribution in [0.1, 0.15) is 39.9 Å². The van der Waals surface area contributed by atoms with Gasteiger partial charge in [-0.25, -0.2) is 8.42 Å². The number of nitrogens with zero attached hydrogens (tertiary/aromatic N) is 1. The molecule has 3 aromatic rings. The molecule has 0 atom stereocenters. The normalized spacial score (nSPS) is 13.7. The zero-order valence-electron chi connectivity index (χ0n) is 19.4. The molecule has 3 aromatic carbocycles. The monoisotopic (exact) mass is 477 g/mol. The Hall–Kier alpha value is -3.65. The Bertz CT molecular complexity index is 1370. The Morgan fingerprint density at radius 1 is 0.912 bits per heavy atom. The summed E-state index contributed by atoms with van der Waals surface area (Å²) < 4.78 is 28.8. The molecule has 1 heterocycles. The Morgan fingerprint density at radius 2 is 1.65 bits per heavy atom. The Labute approximate surface area is 199 Å². The number of hydrogen-bond donors (Lipinski definition) is 2. The molecule has 2 amide bonds. The van der Waals surface area contributed by atoms with Crippen LogP contribution in [0.25, 0.3) is 0 Å². The standard InChI is InChI=1S/C26H27N3O4S/c1-17-6-13-23(19(3)15-17)28-34(32,33)24-16-20(8-7-18(24)2)26(31)27-21-9-11-22(12-10-21)29-14-4-5-25(29)30/h6-13,15-16,28H,4-5,14H2,1-3H3,(H,27,31). The van der Waals surface area contributed by atoms with Crippen LogP contribution in [0.2, 0.25) is 0 Å². The summed E-state index contributed by atoms with van der Waals surface area (Å²) in [5.74, 6) is -0.326. The number of sulfonamides is 1. The van der Waals surface area contributed by atoms with E-state index in [-0.39, 0.29) is 16.4 Å². The summed E-state index contributed by atoms with van der Waals surface area (Å²) in [6.45, 7) is 6.17. The SMILES string of the molecule is Cc1ccc(NS(=O)(=O)c2cc(C(=O)Nc3ccc(N4CCCC4=O)cc3)ccc2C)c(C)c1.